The fourth-order valence-electron chi connectivity index (χ4n) is 3.40. The van der Waals surface area contributed by atoms with Gasteiger partial charge in [0.15, 0.2) is 0 Å². The van der Waals surface area contributed by atoms with E-state index in [-0.39, 0.29) is 5.56 Å². The number of carboxylic acid groups (broad SMARTS) is 1. The number of imidazole rings is 1. The van der Waals surface area contributed by atoms with Crippen LogP contribution in [-0.4, -0.2) is 20.6 Å². The first kappa shape index (κ1) is 23.6. The van der Waals surface area contributed by atoms with Crippen molar-refractivity contribution in [2.24, 2.45) is 0 Å². The minimum Gasteiger partial charge on any atom is -0.489 e. The minimum absolute atomic E-state index is 0.256. The van der Waals surface area contributed by atoms with Gasteiger partial charge in [0.1, 0.15) is 18.2 Å². The van der Waals surface area contributed by atoms with E-state index in [1.54, 1.807) is 36.4 Å². The van der Waals surface area contributed by atoms with Gasteiger partial charge in [0.2, 0.25) is 0 Å². The van der Waals surface area contributed by atoms with Gasteiger partial charge < -0.3 is 14.4 Å². The fraction of sp³-hybridized carbons (Fsp3) is 0.111. The van der Waals surface area contributed by atoms with Gasteiger partial charge in [0.05, 0.1) is 16.3 Å². The molecule has 0 aliphatic heterocycles. The van der Waals surface area contributed by atoms with E-state index in [4.69, 9.17) is 38.0 Å². The van der Waals surface area contributed by atoms with E-state index in [0.717, 1.165) is 40.5 Å². The van der Waals surface area contributed by atoms with E-state index in [2.05, 4.69) is 11.5 Å². The first-order valence-electron chi connectivity index (χ1n) is 10.7. The molecule has 0 atom stereocenters. The van der Waals surface area contributed by atoms with Crippen molar-refractivity contribution in [3.05, 3.63) is 105 Å². The molecule has 34 heavy (non-hydrogen) atoms. The van der Waals surface area contributed by atoms with E-state index < -0.39 is 5.97 Å². The standard InChI is InChI=1S/C27H22Cl2N2O3/c1-2-31-16-25(23-13-10-21(28)15-24(23)29)30-26(31)14-7-18-5-11-22(12-6-18)34-17-19-3-8-20(9-4-19)27(32)33/h3-16H,2,17H2,1H3,(H,32,33). The van der Waals surface area contributed by atoms with Crippen molar-refractivity contribution in [2.45, 2.75) is 20.1 Å². The highest BCUT2D eigenvalue weighted by Gasteiger charge is 2.10. The number of nitrogens with zero attached hydrogens (tertiary/aromatic N) is 2. The maximum Gasteiger partial charge on any atom is 0.335 e. The number of hydrogen-bond donors (Lipinski definition) is 1. The average Bonchev–Trinajstić information content (AvgIpc) is 3.25. The Labute approximate surface area is 207 Å². The molecule has 0 aliphatic carbocycles. The van der Waals surface area contributed by atoms with Gasteiger partial charge in [0.25, 0.3) is 0 Å². The molecule has 4 rings (SSSR count). The molecule has 1 N–H and O–H groups in total. The van der Waals surface area contributed by atoms with Crippen LogP contribution >= 0.6 is 23.2 Å². The lowest BCUT2D eigenvalue weighted by molar-refractivity contribution is 0.0697. The number of hydrogen-bond acceptors (Lipinski definition) is 3. The third-order valence-electron chi connectivity index (χ3n) is 5.27. The summed E-state index contributed by atoms with van der Waals surface area (Å²) in [4.78, 5) is 15.7. The molecule has 0 amide bonds. The van der Waals surface area contributed by atoms with Crippen molar-refractivity contribution in [1.29, 1.82) is 0 Å². The number of aryl methyl sites for hydroxylation is 1. The maximum atomic E-state index is 10.9. The highest BCUT2D eigenvalue weighted by Crippen LogP contribution is 2.30. The molecule has 7 heteroatoms. The Hall–Kier alpha value is -3.54. The molecule has 0 radical (unpaired) electrons. The lowest BCUT2D eigenvalue weighted by atomic mass is 10.1. The fourth-order valence-corrected chi connectivity index (χ4v) is 3.90. The summed E-state index contributed by atoms with van der Waals surface area (Å²) in [6.45, 7) is 3.20. The molecule has 0 unspecified atom stereocenters. The first-order chi connectivity index (χ1) is 16.4. The molecule has 1 aromatic heterocycles. The van der Waals surface area contributed by atoms with Gasteiger partial charge in [-0.2, -0.15) is 0 Å². The molecule has 0 saturated carbocycles. The van der Waals surface area contributed by atoms with Crippen molar-refractivity contribution in [3.8, 4) is 17.0 Å². The number of halogens is 2. The second-order valence-corrected chi connectivity index (χ2v) is 8.43. The third-order valence-corrected chi connectivity index (χ3v) is 5.81. The molecular formula is C27H22Cl2N2O3. The van der Waals surface area contributed by atoms with Gasteiger partial charge in [-0.1, -0.05) is 53.5 Å². The minimum atomic E-state index is -0.942. The Morgan fingerprint density at radius 2 is 1.76 bits per heavy atom. The zero-order chi connectivity index (χ0) is 24.1. The molecule has 3 aromatic carbocycles. The molecule has 4 aromatic rings. The quantitative estimate of drug-likeness (QED) is 0.279. The summed E-state index contributed by atoms with van der Waals surface area (Å²) >= 11 is 12.4. The molecule has 0 spiro atoms. The van der Waals surface area contributed by atoms with E-state index in [9.17, 15) is 4.79 Å². The Morgan fingerprint density at radius 1 is 1.03 bits per heavy atom. The smallest absolute Gasteiger partial charge is 0.335 e. The summed E-state index contributed by atoms with van der Waals surface area (Å²) in [5, 5.41) is 10.1. The average molecular weight is 493 g/mol. The monoisotopic (exact) mass is 492 g/mol. The summed E-state index contributed by atoms with van der Waals surface area (Å²) in [7, 11) is 0. The van der Waals surface area contributed by atoms with Crippen LogP contribution in [0.25, 0.3) is 23.4 Å². The van der Waals surface area contributed by atoms with E-state index >= 15 is 0 Å². The summed E-state index contributed by atoms with van der Waals surface area (Å²) in [6.07, 6.45) is 5.95. The van der Waals surface area contributed by atoms with Crippen LogP contribution in [-0.2, 0) is 13.2 Å². The maximum absolute atomic E-state index is 10.9. The number of aromatic carboxylic acids is 1. The Kier molecular flexibility index (Phi) is 7.36. The number of aromatic nitrogens is 2. The van der Waals surface area contributed by atoms with Crippen LogP contribution in [0.2, 0.25) is 10.0 Å². The summed E-state index contributed by atoms with van der Waals surface area (Å²) in [5.74, 6) is 0.616. The number of ether oxygens (including phenoxy) is 1. The predicted molar refractivity (Wildman–Crippen MR) is 136 cm³/mol. The largest absolute Gasteiger partial charge is 0.489 e. The summed E-state index contributed by atoms with van der Waals surface area (Å²) in [6, 6.07) is 19.8. The van der Waals surface area contributed by atoms with Gasteiger partial charge in [-0.15, -0.1) is 0 Å². The number of carbonyl (C=O) groups is 1. The van der Waals surface area contributed by atoms with Crippen molar-refractivity contribution in [2.75, 3.05) is 0 Å². The topological polar surface area (TPSA) is 64.4 Å². The summed E-state index contributed by atoms with van der Waals surface area (Å²) in [5.41, 5.74) is 3.80. The molecular weight excluding hydrogens is 471 g/mol. The van der Waals surface area contributed by atoms with Crippen LogP contribution < -0.4 is 4.74 Å². The highest BCUT2D eigenvalue weighted by molar-refractivity contribution is 6.36. The lowest BCUT2D eigenvalue weighted by Crippen LogP contribution is -1.98. The molecule has 5 nitrogen and oxygen atoms in total. The molecule has 172 valence electrons. The Morgan fingerprint density at radius 3 is 2.41 bits per heavy atom. The molecule has 0 bridgehead atoms. The van der Waals surface area contributed by atoms with Crippen molar-refractivity contribution < 1.29 is 14.6 Å². The molecule has 1 heterocycles. The first-order valence-corrected chi connectivity index (χ1v) is 11.4. The SMILES string of the molecule is CCn1cc(-c2ccc(Cl)cc2Cl)nc1C=Cc1ccc(OCc2ccc(C(=O)O)cc2)cc1. The third kappa shape index (κ3) is 5.68. The second kappa shape index (κ2) is 10.6. The van der Waals surface area contributed by atoms with Gasteiger partial charge in [0, 0.05) is 23.3 Å². The normalized spacial score (nSPS) is 11.1. The van der Waals surface area contributed by atoms with Crippen LogP contribution in [0, 0.1) is 0 Å². The van der Waals surface area contributed by atoms with Crippen LogP contribution in [0.3, 0.4) is 0 Å². The number of carboxylic acids is 1. The predicted octanol–water partition coefficient (Wildman–Crippen LogP) is 7.32. The van der Waals surface area contributed by atoms with Gasteiger partial charge in [-0.25, -0.2) is 9.78 Å². The number of rotatable bonds is 8. The van der Waals surface area contributed by atoms with Crippen molar-refractivity contribution >= 4 is 41.3 Å². The highest BCUT2D eigenvalue weighted by atomic mass is 35.5. The second-order valence-electron chi connectivity index (χ2n) is 7.59. The van der Waals surface area contributed by atoms with Gasteiger partial charge in [-0.3, -0.25) is 0 Å². The molecule has 0 fully saturated rings. The zero-order valence-electron chi connectivity index (χ0n) is 18.4. The van der Waals surface area contributed by atoms with Crippen molar-refractivity contribution in [3.63, 3.8) is 0 Å². The van der Waals surface area contributed by atoms with E-state index in [1.165, 1.54) is 0 Å². The van der Waals surface area contributed by atoms with E-state index in [0.29, 0.717) is 16.7 Å². The van der Waals surface area contributed by atoms with E-state index in [1.807, 2.05) is 48.7 Å². The molecule has 0 saturated heterocycles. The Balaban J connectivity index is 1.43. The van der Waals surface area contributed by atoms with Crippen LogP contribution in [0.15, 0.2) is 72.9 Å². The van der Waals surface area contributed by atoms with Crippen LogP contribution in [0.1, 0.15) is 34.2 Å². The lowest BCUT2D eigenvalue weighted by Gasteiger charge is -2.07. The zero-order valence-corrected chi connectivity index (χ0v) is 19.9. The Bertz CT molecular complexity index is 1330. The van der Waals surface area contributed by atoms with Crippen molar-refractivity contribution in [1.82, 2.24) is 9.55 Å². The van der Waals surface area contributed by atoms with Crippen LogP contribution in [0.5, 0.6) is 5.75 Å². The number of benzene rings is 3. The summed E-state index contributed by atoms with van der Waals surface area (Å²) < 4.78 is 7.87. The van der Waals surface area contributed by atoms with Gasteiger partial charge in [-0.05, 0) is 66.6 Å². The van der Waals surface area contributed by atoms with Crippen LogP contribution in [0.4, 0.5) is 0 Å². The molecule has 0 aliphatic rings. The van der Waals surface area contributed by atoms with Gasteiger partial charge >= 0.3 is 5.97 Å².